The Balaban J connectivity index is 1.93. The van der Waals surface area contributed by atoms with E-state index >= 15 is 0 Å². The van der Waals surface area contributed by atoms with Gasteiger partial charge in [0.2, 0.25) is 0 Å². The summed E-state index contributed by atoms with van der Waals surface area (Å²) in [6.45, 7) is 8.47. The molecule has 6 nitrogen and oxygen atoms in total. The molecule has 0 saturated carbocycles. The molecular formula is C26H28N2O4. The summed E-state index contributed by atoms with van der Waals surface area (Å²) >= 11 is 0. The first-order chi connectivity index (χ1) is 15.4. The average Bonchev–Trinajstić information content (AvgIpc) is 2.79. The van der Waals surface area contributed by atoms with E-state index in [1.807, 2.05) is 45.9 Å². The van der Waals surface area contributed by atoms with E-state index in [0.717, 1.165) is 11.1 Å². The summed E-state index contributed by atoms with van der Waals surface area (Å²) in [6.07, 6.45) is 0. The molecule has 0 saturated heterocycles. The van der Waals surface area contributed by atoms with Crippen LogP contribution in [0.5, 0.6) is 11.5 Å². The number of amides is 2. The van der Waals surface area contributed by atoms with Crippen molar-refractivity contribution in [1.82, 2.24) is 0 Å². The van der Waals surface area contributed by atoms with Gasteiger partial charge in [0.1, 0.15) is 11.5 Å². The van der Waals surface area contributed by atoms with Crippen LogP contribution in [0.25, 0.3) is 0 Å². The molecule has 166 valence electrons. The van der Waals surface area contributed by atoms with E-state index in [9.17, 15) is 9.59 Å². The van der Waals surface area contributed by atoms with Crippen LogP contribution in [0.4, 0.5) is 11.4 Å². The summed E-state index contributed by atoms with van der Waals surface area (Å²) in [4.78, 5) is 25.5. The zero-order valence-electron chi connectivity index (χ0n) is 18.8. The molecule has 0 fully saturated rings. The van der Waals surface area contributed by atoms with Crippen LogP contribution >= 0.6 is 0 Å². The lowest BCUT2D eigenvalue weighted by Crippen LogP contribution is -2.16. The van der Waals surface area contributed by atoms with Gasteiger partial charge in [-0.1, -0.05) is 24.3 Å². The summed E-state index contributed by atoms with van der Waals surface area (Å²) < 4.78 is 11.5. The molecular weight excluding hydrogens is 404 g/mol. The quantitative estimate of drug-likeness (QED) is 0.485. The SMILES string of the molecule is CCOc1cc(NC(=O)c2ccc(C)c(C)c2)c(OCC)cc1NC(=O)c1ccccc1. The number of hydrogen-bond acceptors (Lipinski definition) is 4. The highest BCUT2D eigenvalue weighted by atomic mass is 16.5. The Hall–Kier alpha value is -3.80. The summed E-state index contributed by atoms with van der Waals surface area (Å²) in [7, 11) is 0. The number of carbonyl (C=O) groups excluding carboxylic acids is 2. The Morgan fingerprint density at radius 2 is 1.22 bits per heavy atom. The Labute approximate surface area is 188 Å². The third-order valence-electron chi connectivity index (χ3n) is 4.98. The number of ether oxygens (including phenoxy) is 2. The van der Waals surface area contributed by atoms with Gasteiger partial charge in [-0.05, 0) is 63.1 Å². The molecule has 0 aromatic heterocycles. The first-order valence-corrected chi connectivity index (χ1v) is 10.6. The number of anilines is 2. The fraction of sp³-hybridized carbons (Fsp3) is 0.231. The van der Waals surface area contributed by atoms with Gasteiger partial charge in [0.25, 0.3) is 11.8 Å². The molecule has 0 atom stereocenters. The monoisotopic (exact) mass is 432 g/mol. The van der Waals surface area contributed by atoms with Crippen LogP contribution < -0.4 is 20.1 Å². The van der Waals surface area contributed by atoms with Crippen molar-refractivity contribution < 1.29 is 19.1 Å². The molecule has 0 aliphatic rings. The maximum atomic E-state index is 12.9. The normalized spacial score (nSPS) is 10.4. The molecule has 0 spiro atoms. The third-order valence-corrected chi connectivity index (χ3v) is 4.98. The standard InChI is InChI=1S/C26H28N2O4/c1-5-31-23-16-22(28-26(30)20-13-12-17(3)18(4)14-20)24(32-6-2)15-21(23)27-25(29)19-10-8-7-9-11-19/h7-16H,5-6H2,1-4H3,(H,27,29)(H,28,30). The molecule has 6 heteroatoms. The second kappa shape index (κ2) is 10.5. The molecule has 0 bridgehead atoms. The Bertz CT molecular complexity index is 1110. The molecule has 3 rings (SSSR count). The van der Waals surface area contributed by atoms with Gasteiger partial charge < -0.3 is 20.1 Å². The highest BCUT2D eigenvalue weighted by Gasteiger charge is 2.17. The molecule has 32 heavy (non-hydrogen) atoms. The van der Waals surface area contributed by atoms with E-state index < -0.39 is 0 Å². The lowest BCUT2D eigenvalue weighted by Gasteiger charge is -2.18. The minimum Gasteiger partial charge on any atom is -0.492 e. The average molecular weight is 433 g/mol. The van der Waals surface area contributed by atoms with Gasteiger partial charge in [0.05, 0.1) is 24.6 Å². The van der Waals surface area contributed by atoms with Crippen LogP contribution in [0.2, 0.25) is 0 Å². The molecule has 0 unspecified atom stereocenters. The van der Waals surface area contributed by atoms with Crippen LogP contribution in [0.15, 0.2) is 60.7 Å². The van der Waals surface area contributed by atoms with E-state index in [4.69, 9.17) is 9.47 Å². The summed E-state index contributed by atoms with van der Waals surface area (Å²) in [5.74, 6) is 0.366. The predicted molar refractivity (Wildman–Crippen MR) is 127 cm³/mol. The zero-order chi connectivity index (χ0) is 23.1. The van der Waals surface area contributed by atoms with Crippen molar-refractivity contribution in [3.63, 3.8) is 0 Å². The minimum atomic E-state index is -0.263. The highest BCUT2D eigenvalue weighted by Crippen LogP contribution is 2.37. The first-order valence-electron chi connectivity index (χ1n) is 10.6. The molecule has 3 aromatic carbocycles. The molecule has 2 N–H and O–H groups in total. The smallest absolute Gasteiger partial charge is 0.255 e. The van der Waals surface area contributed by atoms with Gasteiger partial charge in [-0.25, -0.2) is 0 Å². The van der Waals surface area contributed by atoms with Crippen LogP contribution in [0.3, 0.4) is 0 Å². The molecule has 2 amide bonds. The topological polar surface area (TPSA) is 76.7 Å². The molecule has 0 radical (unpaired) electrons. The largest absolute Gasteiger partial charge is 0.492 e. The zero-order valence-corrected chi connectivity index (χ0v) is 18.8. The molecule has 0 aliphatic carbocycles. The van der Waals surface area contributed by atoms with Crippen LogP contribution in [0, 0.1) is 13.8 Å². The van der Waals surface area contributed by atoms with Crippen molar-refractivity contribution >= 4 is 23.2 Å². The summed E-state index contributed by atoms with van der Waals surface area (Å²) in [6, 6.07) is 17.8. The number of rotatable bonds is 8. The van der Waals surface area contributed by atoms with E-state index in [1.165, 1.54) is 0 Å². The number of nitrogens with one attached hydrogen (secondary N) is 2. The van der Waals surface area contributed by atoms with Gasteiger partial charge in [0.15, 0.2) is 0 Å². The van der Waals surface area contributed by atoms with Crippen molar-refractivity contribution in [2.45, 2.75) is 27.7 Å². The lowest BCUT2D eigenvalue weighted by molar-refractivity contribution is 0.101. The van der Waals surface area contributed by atoms with Crippen molar-refractivity contribution in [2.24, 2.45) is 0 Å². The highest BCUT2D eigenvalue weighted by molar-refractivity contribution is 6.07. The van der Waals surface area contributed by atoms with Gasteiger partial charge in [-0.3, -0.25) is 9.59 Å². The Kier molecular flexibility index (Phi) is 7.49. The third kappa shape index (κ3) is 5.46. The van der Waals surface area contributed by atoms with Crippen LogP contribution in [-0.2, 0) is 0 Å². The summed E-state index contributed by atoms with van der Waals surface area (Å²) in [5.41, 5.74) is 4.17. The van der Waals surface area contributed by atoms with Crippen LogP contribution in [-0.4, -0.2) is 25.0 Å². The van der Waals surface area contributed by atoms with Gasteiger partial charge in [0, 0.05) is 23.3 Å². The van der Waals surface area contributed by atoms with Crippen molar-refractivity contribution in [1.29, 1.82) is 0 Å². The predicted octanol–water partition coefficient (Wildman–Crippen LogP) is 5.61. The van der Waals surface area contributed by atoms with Crippen molar-refractivity contribution in [2.75, 3.05) is 23.8 Å². The Morgan fingerprint density at radius 3 is 1.72 bits per heavy atom. The van der Waals surface area contributed by atoms with E-state index in [-0.39, 0.29) is 11.8 Å². The van der Waals surface area contributed by atoms with Crippen LogP contribution in [0.1, 0.15) is 45.7 Å². The van der Waals surface area contributed by atoms with Gasteiger partial charge >= 0.3 is 0 Å². The first kappa shape index (κ1) is 22.9. The minimum absolute atomic E-state index is 0.252. The summed E-state index contributed by atoms with van der Waals surface area (Å²) in [5, 5.41) is 5.79. The second-order valence-electron chi connectivity index (χ2n) is 7.28. The maximum absolute atomic E-state index is 12.9. The lowest BCUT2D eigenvalue weighted by atomic mass is 10.1. The fourth-order valence-corrected chi connectivity index (χ4v) is 3.17. The van der Waals surface area contributed by atoms with E-state index in [2.05, 4.69) is 10.6 Å². The fourth-order valence-electron chi connectivity index (χ4n) is 3.17. The van der Waals surface area contributed by atoms with Gasteiger partial charge in [-0.15, -0.1) is 0 Å². The number of carbonyl (C=O) groups is 2. The maximum Gasteiger partial charge on any atom is 0.255 e. The van der Waals surface area contributed by atoms with Crippen molar-refractivity contribution in [3.8, 4) is 11.5 Å². The molecule has 0 aliphatic heterocycles. The van der Waals surface area contributed by atoms with E-state index in [0.29, 0.717) is 47.2 Å². The van der Waals surface area contributed by atoms with E-state index in [1.54, 1.807) is 42.5 Å². The Morgan fingerprint density at radius 1 is 0.688 bits per heavy atom. The molecule has 0 heterocycles. The number of benzene rings is 3. The van der Waals surface area contributed by atoms with Crippen molar-refractivity contribution in [3.05, 3.63) is 82.9 Å². The number of hydrogen-bond donors (Lipinski definition) is 2. The molecule has 3 aromatic rings. The second-order valence-corrected chi connectivity index (χ2v) is 7.28. The number of aryl methyl sites for hydroxylation is 2. The van der Waals surface area contributed by atoms with Gasteiger partial charge in [-0.2, -0.15) is 0 Å².